The number of carbonyl (C=O) groups is 2. The summed E-state index contributed by atoms with van der Waals surface area (Å²) in [5, 5.41) is 5.54. The minimum Gasteiger partial charge on any atom is -0.369 e. The number of nitrogens with one attached hydrogen (secondary N) is 2. The van der Waals surface area contributed by atoms with Gasteiger partial charge in [-0.1, -0.05) is 30.3 Å². The molecule has 0 spiro atoms. The molecule has 6 heteroatoms. The summed E-state index contributed by atoms with van der Waals surface area (Å²) in [4.78, 5) is 28.6. The minimum atomic E-state index is -0.312. The highest BCUT2D eigenvalue weighted by molar-refractivity contribution is 6.03. The molecule has 142 valence electrons. The van der Waals surface area contributed by atoms with Crippen LogP contribution in [0.2, 0.25) is 0 Å². The predicted molar refractivity (Wildman–Crippen MR) is 108 cm³/mol. The first-order valence-corrected chi connectivity index (χ1v) is 9.24. The fourth-order valence-electron chi connectivity index (χ4n) is 3.03. The van der Waals surface area contributed by atoms with Crippen molar-refractivity contribution in [3.05, 3.63) is 60.2 Å². The number of amides is 2. The first kappa shape index (κ1) is 18.9. The molecule has 1 saturated heterocycles. The van der Waals surface area contributed by atoms with Crippen LogP contribution in [0.1, 0.15) is 12.0 Å². The summed E-state index contributed by atoms with van der Waals surface area (Å²) in [6, 6.07) is 17.4. The Bertz CT molecular complexity index is 754. The van der Waals surface area contributed by atoms with Gasteiger partial charge in [-0.3, -0.25) is 9.59 Å². The normalized spacial score (nSPS) is 14.6. The molecule has 0 aliphatic carbocycles. The Morgan fingerprint density at radius 1 is 0.889 bits per heavy atom. The Hall–Kier alpha value is -2.86. The largest absolute Gasteiger partial charge is 0.369 e. The van der Waals surface area contributed by atoms with Crippen molar-refractivity contribution in [1.29, 1.82) is 0 Å². The second kappa shape index (κ2) is 9.19. The van der Waals surface area contributed by atoms with Crippen molar-refractivity contribution in [2.75, 3.05) is 43.4 Å². The highest BCUT2D eigenvalue weighted by Crippen LogP contribution is 2.19. The smallest absolute Gasteiger partial charge is 0.233 e. The molecule has 0 unspecified atom stereocenters. The Kier molecular flexibility index (Phi) is 6.44. The lowest BCUT2D eigenvalue weighted by atomic mass is 10.2. The van der Waals surface area contributed by atoms with Crippen LogP contribution in [0.25, 0.3) is 0 Å². The van der Waals surface area contributed by atoms with Gasteiger partial charge in [0, 0.05) is 44.1 Å². The van der Waals surface area contributed by atoms with Crippen molar-refractivity contribution in [2.24, 2.45) is 0 Å². The van der Waals surface area contributed by atoms with Gasteiger partial charge in [0.1, 0.15) is 6.42 Å². The Labute approximate surface area is 160 Å². The van der Waals surface area contributed by atoms with Gasteiger partial charge < -0.3 is 20.4 Å². The average Bonchev–Trinajstić information content (AvgIpc) is 2.68. The van der Waals surface area contributed by atoms with E-state index in [1.54, 1.807) is 0 Å². The third kappa shape index (κ3) is 5.82. The number of carbonyl (C=O) groups excluding carboxylic acids is 2. The molecular formula is C21H26N4O2. The van der Waals surface area contributed by atoms with Crippen LogP contribution in [0, 0.1) is 0 Å². The second-order valence-electron chi connectivity index (χ2n) is 6.82. The summed E-state index contributed by atoms with van der Waals surface area (Å²) in [5.74, 6) is -0.599. The van der Waals surface area contributed by atoms with Gasteiger partial charge in [-0.05, 0) is 36.9 Å². The van der Waals surface area contributed by atoms with E-state index in [9.17, 15) is 9.59 Å². The van der Waals surface area contributed by atoms with E-state index in [1.165, 1.54) is 0 Å². The number of rotatable bonds is 6. The molecule has 0 radical (unpaired) electrons. The first-order chi connectivity index (χ1) is 13.1. The average molecular weight is 366 g/mol. The summed E-state index contributed by atoms with van der Waals surface area (Å²) < 4.78 is 0. The van der Waals surface area contributed by atoms with Crippen LogP contribution in [0.3, 0.4) is 0 Å². The highest BCUT2D eigenvalue weighted by atomic mass is 16.2. The SMILES string of the molecule is CN1CCN(c2ccc(NC(=O)CC(=O)NCc3ccccc3)cc2)CC1. The van der Waals surface area contributed by atoms with Gasteiger partial charge in [-0.15, -0.1) is 0 Å². The van der Waals surface area contributed by atoms with Crippen molar-refractivity contribution in [3.63, 3.8) is 0 Å². The maximum absolute atomic E-state index is 12.1. The molecule has 2 N–H and O–H groups in total. The van der Waals surface area contributed by atoms with Gasteiger partial charge in [0.05, 0.1) is 0 Å². The van der Waals surface area contributed by atoms with Gasteiger partial charge >= 0.3 is 0 Å². The first-order valence-electron chi connectivity index (χ1n) is 9.24. The van der Waals surface area contributed by atoms with Crippen LogP contribution < -0.4 is 15.5 Å². The standard InChI is InChI=1S/C21H26N4O2/c1-24-11-13-25(14-12-24)19-9-7-18(8-10-19)23-21(27)15-20(26)22-16-17-5-3-2-4-6-17/h2-10H,11-16H2,1H3,(H,22,26)(H,23,27). The van der Waals surface area contributed by atoms with Crippen molar-refractivity contribution < 1.29 is 9.59 Å². The summed E-state index contributed by atoms with van der Waals surface area (Å²) in [5.41, 5.74) is 2.86. The van der Waals surface area contributed by atoms with E-state index in [-0.39, 0.29) is 18.2 Å². The fourth-order valence-corrected chi connectivity index (χ4v) is 3.03. The van der Waals surface area contributed by atoms with Crippen LogP contribution in [0.15, 0.2) is 54.6 Å². The molecule has 1 heterocycles. The van der Waals surface area contributed by atoms with Gasteiger partial charge in [-0.25, -0.2) is 0 Å². The number of nitrogens with zero attached hydrogens (tertiary/aromatic N) is 2. The lowest BCUT2D eigenvalue weighted by Gasteiger charge is -2.34. The van der Waals surface area contributed by atoms with Gasteiger partial charge in [0.15, 0.2) is 0 Å². The van der Waals surface area contributed by atoms with E-state index < -0.39 is 0 Å². The van der Waals surface area contributed by atoms with E-state index >= 15 is 0 Å². The molecule has 27 heavy (non-hydrogen) atoms. The monoisotopic (exact) mass is 366 g/mol. The van der Waals surface area contributed by atoms with Crippen LogP contribution in [-0.2, 0) is 16.1 Å². The van der Waals surface area contributed by atoms with Crippen LogP contribution in [0.5, 0.6) is 0 Å². The van der Waals surface area contributed by atoms with Crippen LogP contribution >= 0.6 is 0 Å². The number of hydrogen-bond donors (Lipinski definition) is 2. The lowest BCUT2D eigenvalue weighted by Crippen LogP contribution is -2.44. The summed E-state index contributed by atoms with van der Waals surface area (Å²) in [7, 11) is 2.13. The maximum Gasteiger partial charge on any atom is 0.233 e. The van der Waals surface area contributed by atoms with Gasteiger partial charge in [0.25, 0.3) is 0 Å². The summed E-state index contributed by atoms with van der Waals surface area (Å²) in [6.45, 7) is 4.54. The van der Waals surface area contributed by atoms with E-state index in [2.05, 4.69) is 27.5 Å². The predicted octanol–water partition coefficient (Wildman–Crippen LogP) is 2.08. The molecule has 3 rings (SSSR count). The molecule has 0 saturated carbocycles. The zero-order valence-corrected chi connectivity index (χ0v) is 15.6. The molecule has 6 nitrogen and oxygen atoms in total. The fraction of sp³-hybridized carbons (Fsp3) is 0.333. The molecule has 1 aliphatic heterocycles. The molecule has 2 aromatic rings. The van der Waals surface area contributed by atoms with E-state index in [0.717, 1.165) is 37.4 Å². The van der Waals surface area contributed by atoms with E-state index in [0.29, 0.717) is 12.2 Å². The quantitative estimate of drug-likeness (QED) is 0.769. The van der Waals surface area contributed by atoms with Crippen molar-refractivity contribution >= 4 is 23.2 Å². The Morgan fingerprint density at radius 2 is 1.56 bits per heavy atom. The number of piperazine rings is 1. The molecule has 0 aromatic heterocycles. The molecule has 1 fully saturated rings. The van der Waals surface area contributed by atoms with Crippen molar-refractivity contribution in [1.82, 2.24) is 10.2 Å². The molecule has 0 atom stereocenters. The molecule has 2 aromatic carbocycles. The van der Waals surface area contributed by atoms with E-state index in [4.69, 9.17) is 0 Å². The van der Waals surface area contributed by atoms with Crippen molar-refractivity contribution in [2.45, 2.75) is 13.0 Å². The van der Waals surface area contributed by atoms with Crippen LogP contribution in [0.4, 0.5) is 11.4 Å². The zero-order valence-electron chi connectivity index (χ0n) is 15.6. The minimum absolute atomic E-state index is 0.187. The third-order valence-corrected chi connectivity index (χ3v) is 4.67. The lowest BCUT2D eigenvalue weighted by molar-refractivity contribution is -0.126. The molecule has 1 aliphatic rings. The second-order valence-corrected chi connectivity index (χ2v) is 6.82. The maximum atomic E-state index is 12.1. The topological polar surface area (TPSA) is 64.7 Å². The molecule has 2 amide bonds. The van der Waals surface area contributed by atoms with Gasteiger partial charge in [-0.2, -0.15) is 0 Å². The third-order valence-electron chi connectivity index (χ3n) is 4.67. The van der Waals surface area contributed by atoms with Crippen molar-refractivity contribution in [3.8, 4) is 0 Å². The number of hydrogen-bond acceptors (Lipinski definition) is 4. The zero-order chi connectivity index (χ0) is 19.1. The summed E-state index contributed by atoms with van der Waals surface area (Å²) >= 11 is 0. The molecular weight excluding hydrogens is 340 g/mol. The number of anilines is 2. The number of likely N-dealkylation sites (N-methyl/N-ethyl adjacent to an activating group) is 1. The summed E-state index contributed by atoms with van der Waals surface area (Å²) in [6.07, 6.45) is -0.187. The number of benzene rings is 2. The van der Waals surface area contributed by atoms with Crippen LogP contribution in [-0.4, -0.2) is 49.9 Å². The Morgan fingerprint density at radius 3 is 2.22 bits per heavy atom. The Balaban J connectivity index is 1.44. The molecule has 0 bridgehead atoms. The highest BCUT2D eigenvalue weighted by Gasteiger charge is 2.14. The van der Waals surface area contributed by atoms with Gasteiger partial charge in [0.2, 0.25) is 11.8 Å². The van der Waals surface area contributed by atoms with E-state index in [1.807, 2.05) is 54.6 Å².